The van der Waals surface area contributed by atoms with Crippen molar-refractivity contribution in [2.24, 2.45) is 0 Å². The van der Waals surface area contributed by atoms with Crippen LogP contribution < -0.4 is 0 Å². The summed E-state index contributed by atoms with van der Waals surface area (Å²) in [7, 11) is 0. The Morgan fingerprint density at radius 3 is 2.56 bits per heavy atom. The van der Waals surface area contributed by atoms with Crippen LogP contribution in [0.1, 0.15) is 0 Å². The number of hydrogen-bond acceptors (Lipinski definition) is 3. The van der Waals surface area contributed by atoms with Gasteiger partial charge in [-0.2, -0.15) is 0 Å². The second-order valence-electron chi connectivity index (χ2n) is 1.38. The van der Waals surface area contributed by atoms with Crippen LogP contribution in [-0.2, 0) is 4.79 Å². The van der Waals surface area contributed by atoms with Gasteiger partial charge in [-0.25, -0.2) is 0 Å². The normalized spacial score (nSPS) is 8.56. The molecule has 0 spiro atoms. The van der Waals surface area contributed by atoms with Gasteiger partial charge in [-0.3, -0.25) is 4.79 Å². The number of aldehydes is 1. The summed E-state index contributed by atoms with van der Waals surface area (Å²) in [6.07, 6.45) is 0.630. The predicted molar refractivity (Wildman–Crippen MR) is 39.0 cm³/mol. The fourth-order valence-corrected chi connectivity index (χ4v) is 0.725. The molecule has 3 heteroatoms. The summed E-state index contributed by atoms with van der Waals surface area (Å²) in [5, 5.41) is 8.40. The monoisotopic (exact) mass is 144 g/mol. The first-order valence-corrected chi connectivity index (χ1v) is 3.13. The van der Waals surface area contributed by atoms with Gasteiger partial charge in [-0.15, -0.1) is 0 Å². The molecule has 0 aliphatic carbocycles. The molecular weight excluding hydrogens is 136 g/mol. The molecule has 9 heavy (non-hydrogen) atoms. The highest BCUT2D eigenvalue weighted by molar-refractivity contribution is 8.07. The van der Waals surface area contributed by atoms with Gasteiger partial charge in [0.15, 0.2) is 6.29 Å². The molecule has 0 aliphatic rings. The topological polar surface area (TPSA) is 37.3 Å². The van der Waals surface area contributed by atoms with E-state index in [2.05, 4.69) is 13.2 Å². The van der Waals surface area contributed by atoms with E-state index in [4.69, 9.17) is 5.11 Å². The second-order valence-corrected chi connectivity index (χ2v) is 2.69. The first-order valence-electron chi connectivity index (χ1n) is 2.31. The first-order chi connectivity index (χ1) is 4.20. The quantitative estimate of drug-likeness (QED) is 0.471. The molecule has 0 rings (SSSR count). The van der Waals surface area contributed by atoms with Crippen LogP contribution in [0.3, 0.4) is 0 Å². The fraction of sp³-hybridized carbons (Fsp3) is 0.167. The molecule has 0 fully saturated rings. The van der Waals surface area contributed by atoms with Crippen molar-refractivity contribution in [3.63, 3.8) is 0 Å². The Hall–Kier alpha value is -0.540. The number of aliphatic hydroxyl groups excluding tert-OH is 1. The van der Waals surface area contributed by atoms with Crippen LogP contribution in [0.15, 0.2) is 23.0 Å². The maximum atomic E-state index is 9.91. The molecular formula is C6H8O2S. The largest absolute Gasteiger partial charge is 0.391 e. The van der Waals surface area contributed by atoms with Crippen LogP contribution in [0, 0.1) is 0 Å². The van der Waals surface area contributed by atoms with Crippen molar-refractivity contribution in [2.45, 2.75) is 0 Å². The van der Waals surface area contributed by atoms with Gasteiger partial charge < -0.3 is 5.11 Å². The zero-order valence-corrected chi connectivity index (χ0v) is 5.78. The molecule has 2 nitrogen and oxygen atoms in total. The average Bonchev–Trinajstić information content (AvgIpc) is 1.87. The highest BCUT2D eigenvalue weighted by atomic mass is 32.2. The molecule has 0 aromatic carbocycles. The van der Waals surface area contributed by atoms with Crippen molar-refractivity contribution in [1.82, 2.24) is 0 Å². The zero-order chi connectivity index (χ0) is 7.28. The Balaban J connectivity index is 3.59. The molecule has 0 bridgehead atoms. The highest BCUT2D eigenvalue weighted by Crippen LogP contribution is 2.19. The Bertz CT molecular complexity index is 140. The zero-order valence-electron chi connectivity index (χ0n) is 4.96. The van der Waals surface area contributed by atoms with Gasteiger partial charge in [-0.05, 0) is 0 Å². The van der Waals surface area contributed by atoms with Gasteiger partial charge in [0.2, 0.25) is 0 Å². The van der Waals surface area contributed by atoms with Gasteiger partial charge in [0.25, 0.3) is 0 Å². The minimum absolute atomic E-state index is 0.114. The molecule has 0 aromatic rings. The highest BCUT2D eigenvalue weighted by Gasteiger charge is 1.94. The standard InChI is InChI=1S/C6H8O2S/c1-5(3-7)9-6(2)4-8/h3,8H,1-2,4H2. The molecule has 1 N–H and O–H groups in total. The average molecular weight is 144 g/mol. The smallest absolute Gasteiger partial charge is 0.156 e. The van der Waals surface area contributed by atoms with Crippen molar-refractivity contribution in [1.29, 1.82) is 0 Å². The molecule has 0 heterocycles. The number of carbonyl (C=O) groups excluding carboxylic acids is 1. The van der Waals surface area contributed by atoms with Crippen LogP contribution in [0.5, 0.6) is 0 Å². The van der Waals surface area contributed by atoms with Crippen molar-refractivity contribution < 1.29 is 9.90 Å². The predicted octanol–water partition coefficient (Wildman–Crippen LogP) is 0.938. The maximum Gasteiger partial charge on any atom is 0.156 e. The van der Waals surface area contributed by atoms with Gasteiger partial charge in [0.05, 0.1) is 6.61 Å². The number of aliphatic hydroxyl groups is 1. The van der Waals surface area contributed by atoms with Crippen LogP contribution >= 0.6 is 11.8 Å². The number of hydrogen-bond donors (Lipinski definition) is 1. The Morgan fingerprint density at radius 2 is 2.22 bits per heavy atom. The van der Waals surface area contributed by atoms with E-state index in [1.807, 2.05) is 0 Å². The second kappa shape index (κ2) is 4.35. The van der Waals surface area contributed by atoms with E-state index in [1.54, 1.807) is 0 Å². The minimum Gasteiger partial charge on any atom is -0.391 e. The lowest BCUT2D eigenvalue weighted by Gasteiger charge is -1.96. The fourth-order valence-electron chi connectivity index (χ4n) is 0.242. The van der Waals surface area contributed by atoms with Crippen molar-refractivity contribution in [2.75, 3.05) is 6.61 Å². The van der Waals surface area contributed by atoms with Gasteiger partial charge in [-0.1, -0.05) is 24.9 Å². The van der Waals surface area contributed by atoms with Gasteiger partial charge in [0, 0.05) is 9.81 Å². The third-order valence-corrected chi connectivity index (χ3v) is 1.36. The number of carbonyl (C=O) groups is 1. The van der Waals surface area contributed by atoms with Crippen molar-refractivity contribution >= 4 is 18.0 Å². The number of rotatable bonds is 4. The van der Waals surface area contributed by atoms with E-state index in [9.17, 15) is 4.79 Å². The third-order valence-electron chi connectivity index (χ3n) is 0.583. The summed E-state index contributed by atoms with van der Waals surface area (Å²) in [6, 6.07) is 0. The number of thioether (sulfide) groups is 1. The maximum absolute atomic E-state index is 9.91. The summed E-state index contributed by atoms with van der Waals surface area (Å²) >= 11 is 1.09. The molecule has 0 unspecified atom stereocenters. The molecule has 50 valence electrons. The van der Waals surface area contributed by atoms with Crippen LogP contribution in [0.2, 0.25) is 0 Å². The molecule has 0 aromatic heterocycles. The summed E-state index contributed by atoms with van der Waals surface area (Å²) in [4.78, 5) is 10.8. The summed E-state index contributed by atoms with van der Waals surface area (Å²) < 4.78 is 0. The van der Waals surface area contributed by atoms with E-state index in [1.165, 1.54) is 0 Å². The van der Waals surface area contributed by atoms with Crippen LogP contribution in [0.4, 0.5) is 0 Å². The molecule has 0 radical (unpaired) electrons. The Kier molecular flexibility index (Phi) is 4.09. The lowest BCUT2D eigenvalue weighted by molar-refractivity contribution is -0.104. The lowest BCUT2D eigenvalue weighted by Crippen LogP contribution is -1.83. The number of allylic oxidation sites excluding steroid dienone is 1. The van der Waals surface area contributed by atoms with E-state index >= 15 is 0 Å². The first kappa shape index (κ1) is 8.46. The van der Waals surface area contributed by atoms with Gasteiger partial charge >= 0.3 is 0 Å². The van der Waals surface area contributed by atoms with Gasteiger partial charge in [0.1, 0.15) is 0 Å². The third kappa shape index (κ3) is 4.00. The summed E-state index contributed by atoms with van der Waals surface area (Å²) in [5.74, 6) is 0. The minimum atomic E-state index is -0.114. The molecule has 0 aliphatic heterocycles. The van der Waals surface area contributed by atoms with Crippen LogP contribution in [0.25, 0.3) is 0 Å². The van der Waals surface area contributed by atoms with E-state index in [0.29, 0.717) is 16.1 Å². The van der Waals surface area contributed by atoms with E-state index in [0.717, 1.165) is 11.8 Å². The van der Waals surface area contributed by atoms with Crippen molar-refractivity contribution in [3.05, 3.63) is 23.0 Å². The summed E-state index contributed by atoms with van der Waals surface area (Å²) in [5.41, 5.74) is 0. The van der Waals surface area contributed by atoms with Crippen LogP contribution in [-0.4, -0.2) is 18.0 Å². The van der Waals surface area contributed by atoms with Crippen molar-refractivity contribution in [3.8, 4) is 0 Å². The molecule has 0 saturated heterocycles. The Labute approximate surface area is 58.3 Å². The Morgan fingerprint density at radius 1 is 1.67 bits per heavy atom. The lowest BCUT2D eigenvalue weighted by atomic mass is 10.7. The molecule has 0 amide bonds. The SMILES string of the molecule is C=C(C=O)SC(=C)CO. The van der Waals surface area contributed by atoms with E-state index < -0.39 is 0 Å². The summed E-state index contributed by atoms with van der Waals surface area (Å²) in [6.45, 7) is 6.72. The molecule has 0 atom stereocenters. The van der Waals surface area contributed by atoms with E-state index in [-0.39, 0.29) is 6.61 Å². The molecule has 0 saturated carbocycles.